The van der Waals surface area contributed by atoms with Gasteiger partial charge in [0, 0.05) is 23.2 Å². The Morgan fingerprint density at radius 3 is 2.41 bits per heavy atom. The van der Waals surface area contributed by atoms with Gasteiger partial charge >= 0.3 is 0 Å². The molecule has 0 unspecified atom stereocenters. The number of aromatic nitrogens is 2. The van der Waals surface area contributed by atoms with Gasteiger partial charge in [-0.3, -0.25) is 4.79 Å². The molecule has 0 aromatic carbocycles. The smallest absolute Gasteiger partial charge is 0.233 e. The SMILES string of the molecule is [C-]#[N+]C1=C[C@]2(C)C3=CC(=O)[C@@H]4[C@@H]5CC(C)(C)CC[C@]5(c5nc(CCC)no5)CC[C@@]4(C)[C@]3(C)CC[C@H]2C(C)(C)C1=O. The van der Waals surface area contributed by atoms with Gasteiger partial charge in [-0.15, -0.1) is 0 Å². The number of rotatable bonds is 3. The van der Waals surface area contributed by atoms with Gasteiger partial charge in [-0.25, -0.2) is 4.85 Å². The van der Waals surface area contributed by atoms with Gasteiger partial charge in [-0.1, -0.05) is 72.2 Å². The largest absolute Gasteiger partial charge is 0.339 e. The number of aryl methyl sites for hydroxylation is 1. The summed E-state index contributed by atoms with van der Waals surface area (Å²) in [4.78, 5) is 36.7. The highest BCUT2D eigenvalue weighted by Crippen LogP contribution is 2.74. The van der Waals surface area contributed by atoms with Crippen molar-refractivity contribution in [2.45, 2.75) is 119 Å². The minimum Gasteiger partial charge on any atom is -0.339 e. The van der Waals surface area contributed by atoms with Gasteiger partial charge in [-0.05, 0) is 85.5 Å². The first-order valence-electron chi connectivity index (χ1n) is 15.8. The molecule has 0 aliphatic heterocycles. The highest BCUT2D eigenvalue weighted by molar-refractivity contribution is 6.03. The number of hydrogen-bond acceptors (Lipinski definition) is 5. The summed E-state index contributed by atoms with van der Waals surface area (Å²) in [5.41, 5.74) is -0.360. The van der Waals surface area contributed by atoms with Gasteiger partial charge < -0.3 is 9.32 Å². The molecule has 1 heterocycles. The molecule has 41 heavy (non-hydrogen) atoms. The van der Waals surface area contributed by atoms with E-state index in [0.717, 1.165) is 75.1 Å². The molecule has 3 fully saturated rings. The Morgan fingerprint density at radius 2 is 1.73 bits per heavy atom. The van der Waals surface area contributed by atoms with Crippen molar-refractivity contribution in [3.05, 3.63) is 46.6 Å². The van der Waals surface area contributed by atoms with E-state index in [0.29, 0.717) is 0 Å². The Balaban J connectivity index is 1.51. The summed E-state index contributed by atoms with van der Waals surface area (Å²) in [7, 11) is 0. The monoisotopic (exact) mass is 557 g/mol. The Labute approximate surface area is 245 Å². The summed E-state index contributed by atoms with van der Waals surface area (Å²) in [6.07, 6.45) is 12.4. The van der Waals surface area contributed by atoms with Crippen LogP contribution in [0.5, 0.6) is 0 Å². The van der Waals surface area contributed by atoms with E-state index in [1.165, 1.54) is 0 Å². The molecule has 0 amide bonds. The second-order valence-corrected chi connectivity index (χ2v) is 16.2. The van der Waals surface area contributed by atoms with Gasteiger partial charge in [0.15, 0.2) is 17.4 Å². The Bertz CT molecular complexity index is 1420. The van der Waals surface area contributed by atoms with Crippen LogP contribution < -0.4 is 0 Å². The number of hydrogen-bond donors (Lipinski definition) is 0. The highest BCUT2D eigenvalue weighted by atomic mass is 16.5. The average Bonchev–Trinajstić information content (AvgIpc) is 3.37. The number of fused-ring (bicyclic) bond motifs is 7. The van der Waals surface area contributed by atoms with Crippen molar-refractivity contribution < 1.29 is 14.1 Å². The van der Waals surface area contributed by atoms with Crippen molar-refractivity contribution in [1.82, 2.24) is 10.1 Å². The van der Waals surface area contributed by atoms with Crippen LogP contribution in [0.15, 0.2) is 27.9 Å². The quantitative estimate of drug-likeness (QED) is 0.354. The third-order valence-corrected chi connectivity index (χ3v) is 13.2. The van der Waals surface area contributed by atoms with Crippen LogP contribution in [-0.2, 0) is 21.4 Å². The molecule has 6 rings (SSSR count). The lowest BCUT2D eigenvalue weighted by atomic mass is 9.34. The first-order chi connectivity index (χ1) is 19.1. The van der Waals surface area contributed by atoms with Gasteiger partial charge in [0.2, 0.25) is 11.6 Å². The number of Topliss-reactive ketones (excluding diaryl/α,β-unsaturated/α-hetero) is 1. The van der Waals surface area contributed by atoms with Gasteiger partial charge in [-0.2, -0.15) is 4.98 Å². The summed E-state index contributed by atoms with van der Waals surface area (Å²) in [6.45, 7) is 25.6. The zero-order chi connectivity index (χ0) is 29.8. The summed E-state index contributed by atoms with van der Waals surface area (Å²) in [6, 6.07) is 0. The predicted octanol–water partition coefficient (Wildman–Crippen LogP) is 7.85. The molecule has 0 saturated heterocycles. The first kappa shape index (κ1) is 28.6. The number of allylic oxidation sites excluding steroid dienone is 4. The molecule has 1 aromatic rings. The van der Waals surface area contributed by atoms with E-state index < -0.39 is 10.8 Å². The summed E-state index contributed by atoms with van der Waals surface area (Å²) < 4.78 is 6.05. The Kier molecular flexibility index (Phi) is 6.09. The van der Waals surface area contributed by atoms with E-state index in [1.807, 2.05) is 26.0 Å². The molecule has 6 nitrogen and oxygen atoms in total. The predicted molar refractivity (Wildman–Crippen MR) is 157 cm³/mol. The van der Waals surface area contributed by atoms with E-state index in [2.05, 4.69) is 51.5 Å². The van der Waals surface area contributed by atoms with E-state index in [9.17, 15) is 9.59 Å². The Hall–Kier alpha value is -2.55. The first-order valence-corrected chi connectivity index (χ1v) is 15.8. The van der Waals surface area contributed by atoms with E-state index >= 15 is 0 Å². The minimum absolute atomic E-state index is 0.0562. The number of carbonyl (C=O) groups excluding carboxylic acids is 2. The van der Waals surface area contributed by atoms with Gasteiger partial charge in [0.25, 0.3) is 0 Å². The van der Waals surface area contributed by atoms with Crippen molar-refractivity contribution in [1.29, 1.82) is 0 Å². The lowest BCUT2D eigenvalue weighted by Gasteiger charge is -2.69. The fourth-order valence-corrected chi connectivity index (χ4v) is 10.8. The van der Waals surface area contributed by atoms with Crippen LogP contribution in [0.3, 0.4) is 0 Å². The second kappa shape index (κ2) is 8.74. The van der Waals surface area contributed by atoms with Crippen molar-refractivity contribution in [3.8, 4) is 0 Å². The molecule has 3 saturated carbocycles. The van der Waals surface area contributed by atoms with Crippen LogP contribution in [-0.4, -0.2) is 21.7 Å². The van der Waals surface area contributed by atoms with Crippen LogP contribution >= 0.6 is 0 Å². The zero-order valence-corrected chi connectivity index (χ0v) is 26.3. The molecule has 0 bridgehead atoms. The molecular formula is C35H47N3O3. The van der Waals surface area contributed by atoms with E-state index in [-0.39, 0.29) is 56.7 Å². The standard InChI is InChI=1S/C35H47N3O3/c1-10-11-26-37-29(41-38-26)35-16-14-30(2,3)19-21(35)27-23(39)18-25-32(6)20-22(36-9)28(40)31(4,5)24(32)12-13-33(25,7)34(27,8)15-17-35/h18,20-21,24,27H,10-17,19H2,1-8H3/t21-,24-,27-,32-,33+,34+,35-/m0/s1. The van der Waals surface area contributed by atoms with Crippen LogP contribution in [0.2, 0.25) is 0 Å². The molecule has 5 aliphatic rings. The molecule has 0 spiro atoms. The molecule has 7 atom stereocenters. The molecule has 1 aromatic heterocycles. The Morgan fingerprint density at radius 1 is 1.02 bits per heavy atom. The highest BCUT2D eigenvalue weighted by Gasteiger charge is 2.70. The molecule has 5 aliphatic carbocycles. The van der Waals surface area contributed by atoms with Crippen molar-refractivity contribution in [3.63, 3.8) is 0 Å². The number of carbonyl (C=O) groups is 2. The summed E-state index contributed by atoms with van der Waals surface area (Å²) >= 11 is 0. The van der Waals surface area contributed by atoms with E-state index in [4.69, 9.17) is 16.1 Å². The summed E-state index contributed by atoms with van der Waals surface area (Å²) in [5.74, 6) is 1.76. The molecule has 220 valence electrons. The van der Waals surface area contributed by atoms with Crippen LogP contribution in [0.1, 0.15) is 118 Å². The fourth-order valence-electron chi connectivity index (χ4n) is 10.8. The fraction of sp³-hybridized carbons (Fsp3) is 0.743. The average molecular weight is 558 g/mol. The molecular weight excluding hydrogens is 510 g/mol. The van der Waals surface area contributed by atoms with Crippen LogP contribution in [0.4, 0.5) is 0 Å². The third kappa shape index (κ3) is 3.59. The maximum Gasteiger partial charge on any atom is 0.233 e. The van der Waals surface area contributed by atoms with Crippen molar-refractivity contribution >= 4 is 11.6 Å². The number of ketones is 2. The van der Waals surface area contributed by atoms with Gasteiger partial charge in [0.1, 0.15) is 0 Å². The molecule has 0 radical (unpaired) electrons. The zero-order valence-electron chi connectivity index (χ0n) is 26.3. The van der Waals surface area contributed by atoms with Gasteiger partial charge in [0.05, 0.1) is 12.0 Å². The minimum atomic E-state index is -0.643. The maximum absolute atomic E-state index is 14.7. The summed E-state index contributed by atoms with van der Waals surface area (Å²) in [5, 5.41) is 4.37. The second-order valence-electron chi connectivity index (χ2n) is 16.2. The maximum atomic E-state index is 14.7. The van der Waals surface area contributed by atoms with Crippen LogP contribution in [0, 0.1) is 51.4 Å². The van der Waals surface area contributed by atoms with Crippen molar-refractivity contribution in [2.24, 2.45) is 44.8 Å². The normalized spacial score (nSPS) is 42.6. The lowest BCUT2D eigenvalue weighted by molar-refractivity contribution is -0.161. The van der Waals surface area contributed by atoms with Crippen molar-refractivity contribution in [2.75, 3.05) is 0 Å². The third-order valence-electron chi connectivity index (χ3n) is 13.2. The molecule has 0 N–H and O–H groups in total. The van der Waals surface area contributed by atoms with E-state index in [1.54, 1.807) is 0 Å². The lowest BCUT2D eigenvalue weighted by Crippen LogP contribution is -2.65. The topological polar surface area (TPSA) is 77.4 Å². The molecule has 6 heteroatoms. The number of nitrogens with zero attached hydrogens (tertiary/aromatic N) is 3. The van der Waals surface area contributed by atoms with Crippen LogP contribution in [0.25, 0.3) is 4.85 Å².